The van der Waals surface area contributed by atoms with Crippen LogP contribution in [0.15, 0.2) is 33.7 Å². The van der Waals surface area contributed by atoms with Crippen molar-refractivity contribution in [3.63, 3.8) is 0 Å². The fourth-order valence-electron chi connectivity index (χ4n) is 5.22. The largest absolute Gasteiger partial charge is 0.454 e. The first-order valence-corrected chi connectivity index (χ1v) is 11.0. The Morgan fingerprint density at radius 1 is 0.889 bits per heavy atom. The van der Waals surface area contributed by atoms with Gasteiger partial charge >= 0.3 is 11.9 Å². The van der Waals surface area contributed by atoms with E-state index in [1.54, 1.807) is 22.9 Å². The number of Topliss-reactive ketones (excluding diaryl/α,β-unsaturated/α-hetero) is 1. The molecule has 7 heteroatoms. The van der Waals surface area contributed by atoms with Crippen molar-refractivity contribution in [2.24, 2.45) is 23.7 Å². The van der Waals surface area contributed by atoms with Gasteiger partial charge in [0.15, 0.2) is 0 Å². The second-order valence-electron chi connectivity index (χ2n) is 7.52. The van der Waals surface area contributed by atoms with E-state index >= 15 is 0 Å². The van der Waals surface area contributed by atoms with E-state index in [-0.39, 0.29) is 35.4 Å². The molecule has 0 spiro atoms. The molecule has 3 fully saturated rings. The van der Waals surface area contributed by atoms with Gasteiger partial charge in [-0.15, -0.1) is 0 Å². The fraction of sp³-hybridized carbons (Fsp3) is 0.450. The van der Waals surface area contributed by atoms with Gasteiger partial charge in [0.05, 0.1) is 11.1 Å². The molecule has 6 atom stereocenters. The fourth-order valence-corrected chi connectivity index (χ4v) is 6.47. The molecule has 3 aliphatic carbocycles. The maximum atomic E-state index is 12.5. The number of ketones is 1. The summed E-state index contributed by atoms with van der Waals surface area (Å²) in [5.41, 5.74) is 1.02. The lowest BCUT2D eigenvalue weighted by atomic mass is 9.78. The summed E-state index contributed by atoms with van der Waals surface area (Å²) in [5, 5.41) is 7.15. The van der Waals surface area contributed by atoms with Crippen LogP contribution in [0.1, 0.15) is 40.0 Å². The van der Waals surface area contributed by atoms with E-state index in [1.165, 1.54) is 22.7 Å². The number of hydrogen-bond donors (Lipinski definition) is 0. The minimum Gasteiger partial charge on any atom is -0.454 e. The second-order valence-corrected chi connectivity index (χ2v) is 9.08. The molecular weight excluding hydrogens is 384 g/mol. The molecule has 0 saturated heterocycles. The van der Waals surface area contributed by atoms with Crippen LogP contribution < -0.4 is 0 Å². The van der Waals surface area contributed by atoms with Gasteiger partial charge in [-0.1, -0.05) is 0 Å². The van der Waals surface area contributed by atoms with E-state index in [9.17, 15) is 14.4 Å². The van der Waals surface area contributed by atoms with E-state index in [1.807, 2.05) is 10.8 Å². The Hall–Kier alpha value is -1.99. The molecule has 3 saturated carbocycles. The van der Waals surface area contributed by atoms with Crippen molar-refractivity contribution < 1.29 is 23.9 Å². The molecule has 0 amide bonds. The summed E-state index contributed by atoms with van der Waals surface area (Å²) in [4.78, 5) is 37.4. The standard InChI is InChI=1S/C20H18O5S2/c21-15-2-1-12-13-7-14(16(12)15)18(25-20(23)11-4-6-27-9-11)17(13)24-19(22)10-3-5-26-8-10/h3-6,8-9,12-14,16-18H,1-2,7H2. The van der Waals surface area contributed by atoms with Crippen molar-refractivity contribution in [2.45, 2.75) is 31.5 Å². The molecule has 0 aliphatic heterocycles. The minimum atomic E-state index is -0.548. The normalized spacial score (nSPS) is 33.9. The molecule has 0 N–H and O–H groups in total. The third-order valence-electron chi connectivity index (χ3n) is 6.28. The molecule has 2 aromatic heterocycles. The number of thiophene rings is 2. The van der Waals surface area contributed by atoms with Gasteiger partial charge in [-0.25, -0.2) is 9.59 Å². The van der Waals surface area contributed by atoms with Gasteiger partial charge < -0.3 is 9.47 Å². The Balaban J connectivity index is 1.41. The summed E-state index contributed by atoms with van der Waals surface area (Å²) in [6.45, 7) is 0. The average molecular weight is 402 g/mol. The van der Waals surface area contributed by atoms with Gasteiger partial charge in [-0.05, 0) is 41.7 Å². The van der Waals surface area contributed by atoms with E-state index in [0.717, 1.165) is 12.8 Å². The predicted molar refractivity (Wildman–Crippen MR) is 99.9 cm³/mol. The molecule has 2 bridgehead atoms. The SMILES string of the molecule is O=C(OC1C2CC(C1OC(=O)c1ccsc1)C1C(=O)CCC21)c1ccsc1. The highest BCUT2D eigenvalue weighted by Crippen LogP contribution is 2.59. The Morgan fingerprint density at radius 3 is 2.04 bits per heavy atom. The third kappa shape index (κ3) is 2.75. The Morgan fingerprint density at radius 2 is 1.48 bits per heavy atom. The molecule has 3 aliphatic rings. The number of carbonyl (C=O) groups excluding carboxylic acids is 3. The number of hydrogen-bond acceptors (Lipinski definition) is 7. The first kappa shape index (κ1) is 17.1. The van der Waals surface area contributed by atoms with Crippen LogP contribution >= 0.6 is 22.7 Å². The lowest BCUT2D eigenvalue weighted by Gasteiger charge is -2.36. The van der Waals surface area contributed by atoms with Crippen molar-refractivity contribution in [1.82, 2.24) is 0 Å². The van der Waals surface area contributed by atoms with Crippen LogP contribution in [0.4, 0.5) is 0 Å². The van der Waals surface area contributed by atoms with Crippen LogP contribution in [-0.2, 0) is 14.3 Å². The van der Waals surface area contributed by atoms with Crippen LogP contribution in [0.2, 0.25) is 0 Å². The number of fused-ring (bicyclic) bond motifs is 5. The van der Waals surface area contributed by atoms with Crippen molar-refractivity contribution in [2.75, 3.05) is 0 Å². The average Bonchev–Trinajstić information content (AvgIpc) is 3.45. The summed E-state index contributed by atoms with van der Waals surface area (Å²) < 4.78 is 11.7. The van der Waals surface area contributed by atoms with Crippen LogP contribution in [0.5, 0.6) is 0 Å². The van der Waals surface area contributed by atoms with Crippen LogP contribution in [-0.4, -0.2) is 29.9 Å². The molecule has 0 radical (unpaired) electrons. The maximum Gasteiger partial charge on any atom is 0.339 e. The predicted octanol–water partition coefficient (Wildman–Crippen LogP) is 3.81. The van der Waals surface area contributed by atoms with E-state index < -0.39 is 18.2 Å². The minimum absolute atomic E-state index is 0.0436. The smallest absolute Gasteiger partial charge is 0.339 e. The molecule has 5 nitrogen and oxygen atoms in total. The van der Waals surface area contributed by atoms with Gasteiger partial charge in [0.2, 0.25) is 0 Å². The van der Waals surface area contributed by atoms with Gasteiger partial charge in [-0.3, -0.25) is 4.79 Å². The lowest BCUT2D eigenvalue weighted by Crippen LogP contribution is -2.46. The Labute approximate surface area is 164 Å². The van der Waals surface area contributed by atoms with Gasteiger partial charge in [0.1, 0.15) is 18.0 Å². The van der Waals surface area contributed by atoms with Gasteiger partial charge in [-0.2, -0.15) is 22.7 Å². The number of carbonyl (C=O) groups is 3. The van der Waals surface area contributed by atoms with E-state index in [4.69, 9.17) is 9.47 Å². The lowest BCUT2D eigenvalue weighted by molar-refractivity contribution is -0.127. The highest BCUT2D eigenvalue weighted by Gasteiger charge is 2.64. The molecule has 2 heterocycles. The maximum absolute atomic E-state index is 12.5. The van der Waals surface area contributed by atoms with E-state index in [0.29, 0.717) is 17.5 Å². The van der Waals surface area contributed by atoms with Gasteiger partial charge in [0, 0.05) is 34.9 Å². The molecule has 27 heavy (non-hydrogen) atoms. The molecule has 5 rings (SSSR count). The summed E-state index contributed by atoms with van der Waals surface area (Å²) in [7, 11) is 0. The molecule has 140 valence electrons. The van der Waals surface area contributed by atoms with Crippen LogP contribution in [0.25, 0.3) is 0 Å². The van der Waals surface area contributed by atoms with Crippen molar-refractivity contribution in [3.8, 4) is 0 Å². The number of rotatable bonds is 4. The number of ether oxygens (including phenoxy) is 2. The molecule has 2 aromatic rings. The van der Waals surface area contributed by atoms with Crippen LogP contribution in [0, 0.1) is 23.7 Å². The first-order valence-electron chi connectivity index (χ1n) is 9.12. The third-order valence-corrected chi connectivity index (χ3v) is 7.65. The summed E-state index contributed by atoms with van der Waals surface area (Å²) >= 11 is 2.86. The molecule has 0 aromatic carbocycles. The summed E-state index contributed by atoms with van der Waals surface area (Å²) in [6.07, 6.45) is 1.19. The first-order chi connectivity index (χ1) is 13.1. The Kier molecular flexibility index (Phi) is 4.16. The topological polar surface area (TPSA) is 69.7 Å². The highest BCUT2D eigenvalue weighted by atomic mass is 32.1. The zero-order valence-electron chi connectivity index (χ0n) is 14.4. The zero-order valence-corrected chi connectivity index (χ0v) is 16.0. The van der Waals surface area contributed by atoms with Crippen LogP contribution in [0.3, 0.4) is 0 Å². The monoisotopic (exact) mass is 402 g/mol. The Bertz CT molecular complexity index is 872. The van der Waals surface area contributed by atoms with Crippen molar-refractivity contribution in [3.05, 3.63) is 44.8 Å². The van der Waals surface area contributed by atoms with Crippen molar-refractivity contribution in [1.29, 1.82) is 0 Å². The summed E-state index contributed by atoms with van der Waals surface area (Å²) in [5.74, 6) is -0.275. The second kappa shape index (κ2) is 6.56. The van der Waals surface area contributed by atoms with E-state index in [2.05, 4.69) is 0 Å². The highest BCUT2D eigenvalue weighted by molar-refractivity contribution is 7.08. The van der Waals surface area contributed by atoms with Crippen molar-refractivity contribution >= 4 is 40.4 Å². The molecular formula is C20H18O5S2. The van der Waals surface area contributed by atoms with Gasteiger partial charge in [0.25, 0.3) is 0 Å². The molecule has 6 unspecified atom stereocenters. The quantitative estimate of drug-likeness (QED) is 0.728. The zero-order chi connectivity index (χ0) is 18.5. The summed E-state index contributed by atoms with van der Waals surface area (Å²) in [6, 6.07) is 3.45. The number of esters is 2.